The molecule has 1 aliphatic rings. The molecule has 1 heterocycles. The van der Waals surface area contributed by atoms with Gasteiger partial charge in [-0.05, 0) is 13.3 Å². The van der Waals surface area contributed by atoms with Crippen LogP contribution in [0.4, 0.5) is 0 Å². The van der Waals surface area contributed by atoms with Crippen molar-refractivity contribution < 1.29 is 19.1 Å². The first kappa shape index (κ1) is 17.1. The van der Waals surface area contributed by atoms with Crippen LogP contribution < -0.4 is 11.1 Å². The summed E-state index contributed by atoms with van der Waals surface area (Å²) < 4.78 is 4.88. The van der Waals surface area contributed by atoms with E-state index in [0.717, 1.165) is 5.01 Å². The van der Waals surface area contributed by atoms with Gasteiger partial charge in [-0.1, -0.05) is 6.92 Å². The van der Waals surface area contributed by atoms with Crippen molar-refractivity contribution in [1.29, 1.82) is 0 Å². The van der Waals surface area contributed by atoms with Crippen molar-refractivity contribution in [1.82, 2.24) is 10.3 Å². The summed E-state index contributed by atoms with van der Waals surface area (Å²) >= 11 is 0. The Bertz CT molecular complexity index is 449. The first-order chi connectivity index (χ1) is 9.90. The van der Waals surface area contributed by atoms with E-state index in [0.29, 0.717) is 6.42 Å². The molecule has 1 rings (SSSR count). The third-order valence-corrected chi connectivity index (χ3v) is 2.91. The summed E-state index contributed by atoms with van der Waals surface area (Å²) in [6.07, 6.45) is 0.267. The topological polar surface area (TPSA) is 114 Å². The highest BCUT2D eigenvalue weighted by Gasteiger charge is 2.36. The number of carbonyl (C=O) groups excluding carboxylic acids is 3. The number of ether oxygens (including phenoxy) is 1. The summed E-state index contributed by atoms with van der Waals surface area (Å²) in [5, 5.41) is 7.72. The van der Waals surface area contributed by atoms with E-state index in [1.807, 2.05) is 6.92 Å². The summed E-state index contributed by atoms with van der Waals surface area (Å²) in [4.78, 5) is 35.1. The molecule has 0 saturated carbocycles. The van der Waals surface area contributed by atoms with Gasteiger partial charge in [0, 0.05) is 19.8 Å². The van der Waals surface area contributed by atoms with Crippen molar-refractivity contribution in [3.63, 3.8) is 0 Å². The highest BCUT2D eigenvalue weighted by atomic mass is 16.5. The van der Waals surface area contributed by atoms with Crippen LogP contribution in [0, 0.1) is 0 Å². The van der Waals surface area contributed by atoms with Crippen molar-refractivity contribution in [3.8, 4) is 0 Å². The van der Waals surface area contributed by atoms with Crippen molar-refractivity contribution >= 4 is 23.5 Å². The van der Waals surface area contributed by atoms with Crippen molar-refractivity contribution in [3.05, 3.63) is 0 Å². The number of nitrogens with one attached hydrogen (secondary N) is 1. The van der Waals surface area contributed by atoms with Crippen LogP contribution in [0.1, 0.15) is 40.0 Å². The van der Waals surface area contributed by atoms with Crippen LogP contribution in [0.25, 0.3) is 0 Å². The number of amides is 2. The van der Waals surface area contributed by atoms with Crippen LogP contribution in [0.5, 0.6) is 0 Å². The van der Waals surface area contributed by atoms with Gasteiger partial charge >= 0.3 is 5.97 Å². The van der Waals surface area contributed by atoms with E-state index in [2.05, 4.69) is 10.4 Å². The van der Waals surface area contributed by atoms with Crippen molar-refractivity contribution in [2.75, 3.05) is 6.61 Å². The summed E-state index contributed by atoms with van der Waals surface area (Å²) in [6.45, 7) is 5.08. The molecule has 8 heteroatoms. The second kappa shape index (κ2) is 7.72. The molecule has 2 atom stereocenters. The van der Waals surface area contributed by atoms with Gasteiger partial charge < -0.3 is 15.8 Å². The van der Waals surface area contributed by atoms with E-state index in [9.17, 15) is 14.4 Å². The molecule has 2 amide bonds. The number of hydrazone groups is 1. The Balaban J connectivity index is 3.04. The molecule has 21 heavy (non-hydrogen) atoms. The minimum absolute atomic E-state index is 0.0930. The Morgan fingerprint density at radius 2 is 2.10 bits per heavy atom. The van der Waals surface area contributed by atoms with Gasteiger partial charge in [0.15, 0.2) is 0 Å². The molecule has 0 radical (unpaired) electrons. The predicted octanol–water partition coefficient (Wildman–Crippen LogP) is -0.273. The van der Waals surface area contributed by atoms with Crippen LogP contribution in [-0.2, 0) is 19.1 Å². The van der Waals surface area contributed by atoms with Gasteiger partial charge in [-0.15, -0.1) is 0 Å². The largest absolute Gasteiger partial charge is 0.461 e. The molecule has 0 aromatic heterocycles. The molecule has 2 unspecified atom stereocenters. The van der Waals surface area contributed by atoms with Crippen molar-refractivity contribution in [2.45, 2.75) is 52.2 Å². The first-order valence-corrected chi connectivity index (χ1v) is 7.00. The first-order valence-electron chi connectivity index (χ1n) is 7.00. The number of nitrogens with zero attached hydrogens (tertiary/aromatic N) is 2. The Morgan fingerprint density at radius 1 is 1.43 bits per heavy atom. The molecule has 3 N–H and O–H groups in total. The second-order valence-corrected chi connectivity index (χ2v) is 4.77. The van der Waals surface area contributed by atoms with Gasteiger partial charge in [-0.25, -0.2) is 9.80 Å². The number of nitrogens with two attached hydrogens (primary N) is 1. The lowest BCUT2D eigenvalue weighted by Crippen LogP contribution is -2.61. The van der Waals surface area contributed by atoms with E-state index in [4.69, 9.17) is 10.5 Å². The fraction of sp³-hybridized carbons (Fsp3) is 0.692. The van der Waals surface area contributed by atoms with E-state index < -0.39 is 18.2 Å². The lowest BCUT2D eigenvalue weighted by Gasteiger charge is -2.36. The Labute approximate surface area is 123 Å². The fourth-order valence-corrected chi connectivity index (χ4v) is 2.00. The molecule has 0 aliphatic carbocycles. The zero-order chi connectivity index (χ0) is 16.0. The second-order valence-electron chi connectivity index (χ2n) is 4.77. The average molecular weight is 298 g/mol. The van der Waals surface area contributed by atoms with Gasteiger partial charge in [-0.3, -0.25) is 9.59 Å². The number of rotatable bonds is 5. The zero-order valence-corrected chi connectivity index (χ0v) is 12.6. The summed E-state index contributed by atoms with van der Waals surface area (Å²) in [6, 6.07) is -0.619. The molecule has 0 bridgehead atoms. The molecule has 0 aromatic carbocycles. The monoisotopic (exact) mass is 298 g/mol. The van der Waals surface area contributed by atoms with E-state index in [1.54, 1.807) is 6.92 Å². The molecule has 0 fully saturated rings. The molecule has 118 valence electrons. The van der Waals surface area contributed by atoms with Crippen LogP contribution in [-0.4, -0.2) is 47.3 Å². The van der Waals surface area contributed by atoms with Gasteiger partial charge in [0.2, 0.25) is 11.8 Å². The summed E-state index contributed by atoms with van der Waals surface area (Å²) in [5.41, 5.74) is 6.07. The average Bonchev–Trinajstić information content (AvgIpc) is 2.40. The maximum absolute atomic E-state index is 12.1. The minimum atomic E-state index is -0.750. The molecular formula is C13H22N4O4. The third-order valence-electron chi connectivity index (χ3n) is 2.91. The quantitative estimate of drug-likeness (QED) is 0.678. The van der Waals surface area contributed by atoms with Gasteiger partial charge in [0.25, 0.3) is 0 Å². The third kappa shape index (κ3) is 4.52. The maximum Gasteiger partial charge on any atom is 0.354 e. The zero-order valence-electron chi connectivity index (χ0n) is 12.6. The van der Waals surface area contributed by atoms with Crippen molar-refractivity contribution in [2.24, 2.45) is 10.8 Å². The summed E-state index contributed by atoms with van der Waals surface area (Å²) in [5.74, 6) is -1.21. The van der Waals surface area contributed by atoms with Crippen LogP contribution in [0.15, 0.2) is 5.10 Å². The van der Waals surface area contributed by atoms with Crippen LogP contribution >= 0.6 is 0 Å². The SMILES string of the molecule is CCCC(=O)N1N=C(C(=O)OCC)CC(N)C1NC(C)=O. The molecule has 0 spiro atoms. The van der Waals surface area contributed by atoms with Gasteiger partial charge in [-0.2, -0.15) is 5.10 Å². The van der Waals surface area contributed by atoms with Gasteiger partial charge in [0.05, 0.1) is 12.6 Å². The van der Waals surface area contributed by atoms with Gasteiger partial charge in [0.1, 0.15) is 11.9 Å². The molecule has 0 saturated heterocycles. The number of hydrogen-bond acceptors (Lipinski definition) is 6. The number of hydrogen-bond donors (Lipinski definition) is 2. The predicted molar refractivity (Wildman–Crippen MR) is 76.0 cm³/mol. The lowest BCUT2D eigenvalue weighted by molar-refractivity contribution is -0.137. The molecule has 0 aromatic rings. The smallest absolute Gasteiger partial charge is 0.354 e. The Kier molecular flexibility index (Phi) is 6.29. The van der Waals surface area contributed by atoms with Crippen LogP contribution in [0.2, 0.25) is 0 Å². The fourth-order valence-electron chi connectivity index (χ4n) is 2.00. The Morgan fingerprint density at radius 3 is 2.62 bits per heavy atom. The summed E-state index contributed by atoms with van der Waals surface area (Å²) in [7, 11) is 0. The number of esters is 1. The Hall–Kier alpha value is -1.96. The standard InChI is InChI=1S/C13H22N4O4/c1-4-6-11(19)17-12(15-8(3)18)9(14)7-10(16-17)13(20)21-5-2/h9,12H,4-7,14H2,1-3H3,(H,15,18). The maximum atomic E-state index is 12.1. The minimum Gasteiger partial charge on any atom is -0.461 e. The lowest BCUT2D eigenvalue weighted by atomic mass is 10.0. The highest BCUT2D eigenvalue weighted by Crippen LogP contribution is 2.16. The molecular weight excluding hydrogens is 276 g/mol. The van der Waals surface area contributed by atoms with E-state index >= 15 is 0 Å². The van der Waals surface area contributed by atoms with E-state index in [1.165, 1.54) is 6.92 Å². The normalized spacial score (nSPS) is 21.5. The van der Waals surface area contributed by atoms with E-state index in [-0.39, 0.29) is 37.0 Å². The molecule has 8 nitrogen and oxygen atoms in total. The molecule has 1 aliphatic heterocycles. The number of carbonyl (C=O) groups is 3. The highest BCUT2D eigenvalue weighted by molar-refractivity contribution is 6.36. The van der Waals surface area contributed by atoms with Crippen LogP contribution in [0.3, 0.4) is 0 Å².